The van der Waals surface area contributed by atoms with E-state index in [0.29, 0.717) is 17.1 Å². The van der Waals surface area contributed by atoms with Crippen molar-refractivity contribution in [2.24, 2.45) is 0 Å². The molecule has 2 atom stereocenters. The summed E-state index contributed by atoms with van der Waals surface area (Å²) in [5.41, 5.74) is 1.95. The highest BCUT2D eigenvalue weighted by Gasteiger charge is 2.22. The van der Waals surface area contributed by atoms with Crippen LogP contribution in [0.3, 0.4) is 0 Å². The van der Waals surface area contributed by atoms with Crippen molar-refractivity contribution in [3.8, 4) is 5.75 Å². The Morgan fingerprint density at radius 1 is 1.22 bits per heavy atom. The van der Waals surface area contributed by atoms with E-state index < -0.39 is 22.8 Å². The number of allylic oxidation sites excluding steroid dienone is 1. The van der Waals surface area contributed by atoms with Gasteiger partial charge in [0.25, 0.3) is 0 Å². The predicted molar refractivity (Wildman–Crippen MR) is 84.7 cm³/mol. The Bertz CT molecular complexity index is 799. The van der Waals surface area contributed by atoms with Gasteiger partial charge in [-0.05, 0) is 29.8 Å². The summed E-state index contributed by atoms with van der Waals surface area (Å²) in [4.78, 5) is 11.3. The second-order valence-corrected chi connectivity index (χ2v) is 6.07. The molecule has 1 aliphatic rings. The van der Waals surface area contributed by atoms with E-state index in [0.717, 1.165) is 17.4 Å². The number of carbonyl (C=O) groups is 1. The van der Waals surface area contributed by atoms with Crippen LogP contribution in [0.2, 0.25) is 0 Å². The third-order valence-corrected chi connectivity index (χ3v) is 4.14. The zero-order valence-electron chi connectivity index (χ0n) is 11.9. The van der Waals surface area contributed by atoms with Crippen molar-refractivity contribution in [3.63, 3.8) is 0 Å². The van der Waals surface area contributed by atoms with Gasteiger partial charge in [0.05, 0.1) is 11.7 Å². The number of carbonyl (C=O) groups excluding carboxylic acids is 1. The molecule has 118 valence electrons. The van der Waals surface area contributed by atoms with E-state index in [1.54, 1.807) is 30.3 Å². The van der Waals surface area contributed by atoms with Gasteiger partial charge in [0.1, 0.15) is 23.6 Å². The number of ether oxygens (including phenoxy) is 1. The lowest BCUT2D eigenvalue weighted by atomic mass is 9.95. The first-order chi connectivity index (χ1) is 11.1. The molecule has 3 rings (SSSR count). The summed E-state index contributed by atoms with van der Waals surface area (Å²) in [5, 5.41) is 0. The number of hydrogen-bond acceptors (Lipinski definition) is 3. The molecule has 0 aliphatic carbocycles. The fourth-order valence-electron chi connectivity index (χ4n) is 2.45. The normalized spacial score (nSPS) is 17.7. The number of fused-ring (bicyclic) bond motifs is 1. The molecular formula is C17H13FO4S. The van der Waals surface area contributed by atoms with Crippen molar-refractivity contribution >= 4 is 23.1 Å². The lowest BCUT2D eigenvalue weighted by Gasteiger charge is -2.22. The molecule has 4 nitrogen and oxygen atoms in total. The third kappa shape index (κ3) is 3.38. The fraction of sp³-hybridized carbons (Fsp3) is 0.118. The molecule has 2 aromatic carbocycles. The maximum absolute atomic E-state index is 13.3. The molecule has 0 bridgehead atoms. The van der Waals surface area contributed by atoms with Gasteiger partial charge in [0.15, 0.2) is 11.1 Å². The van der Waals surface area contributed by atoms with Gasteiger partial charge >= 0.3 is 0 Å². The fourth-order valence-corrected chi connectivity index (χ4v) is 2.93. The standard InChI is InChI=1S/C17H13FO4S/c18-14-5-6-16-15(8-14)13(9-19)7-17(22-16)12-3-1-11(2-4-12)10-23(20)21/h1-9,13H,10H2,(H,20,21). The molecule has 0 spiro atoms. The lowest BCUT2D eigenvalue weighted by Crippen LogP contribution is -2.10. The molecule has 1 heterocycles. The Balaban J connectivity index is 1.92. The average molecular weight is 332 g/mol. The molecule has 2 unspecified atom stereocenters. The maximum atomic E-state index is 13.3. The third-order valence-electron chi connectivity index (χ3n) is 3.56. The van der Waals surface area contributed by atoms with Gasteiger partial charge in [0.2, 0.25) is 0 Å². The summed E-state index contributed by atoms with van der Waals surface area (Å²) in [6, 6.07) is 11.0. The van der Waals surface area contributed by atoms with Gasteiger partial charge in [-0.3, -0.25) is 0 Å². The van der Waals surface area contributed by atoms with E-state index in [9.17, 15) is 13.4 Å². The van der Waals surface area contributed by atoms with Crippen LogP contribution >= 0.6 is 0 Å². The van der Waals surface area contributed by atoms with Gasteiger partial charge in [-0.2, -0.15) is 0 Å². The molecule has 6 heteroatoms. The van der Waals surface area contributed by atoms with Crippen LogP contribution in [0.1, 0.15) is 22.6 Å². The Kier molecular flexibility index (Phi) is 4.36. The molecular weight excluding hydrogens is 319 g/mol. The topological polar surface area (TPSA) is 63.6 Å². The summed E-state index contributed by atoms with van der Waals surface area (Å²) in [7, 11) is 0. The van der Waals surface area contributed by atoms with Crippen LogP contribution in [0, 0.1) is 5.82 Å². The highest BCUT2D eigenvalue weighted by Crippen LogP contribution is 2.36. The molecule has 2 aromatic rings. The summed E-state index contributed by atoms with van der Waals surface area (Å²) < 4.78 is 38.8. The number of halogens is 1. The zero-order valence-corrected chi connectivity index (χ0v) is 12.8. The first-order valence-electron chi connectivity index (χ1n) is 6.88. The number of rotatable bonds is 4. The Labute approximate surface area is 134 Å². The summed E-state index contributed by atoms with van der Waals surface area (Å²) in [6.45, 7) is 0. The predicted octanol–water partition coefficient (Wildman–Crippen LogP) is 3.26. The molecule has 0 fully saturated rings. The monoisotopic (exact) mass is 332 g/mol. The Morgan fingerprint density at radius 3 is 2.61 bits per heavy atom. The van der Waals surface area contributed by atoms with Crippen molar-refractivity contribution in [2.45, 2.75) is 11.7 Å². The maximum Gasteiger partial charge on any atom is 0.157 e. The number of aldehydes is 1. The van der Waals surface area contributed by atoms with Gasteiger partial charge in [-0.1, -0.05) is 24.3 Å². The smallest absolute Gasteiger partial charge is 0.157 e. The molecule has 0 saturated carbocycles. The Hall–Kier alpha value is -2.31. The second-order valence-electron chi connectivity index (χ2n) is 5.14. The Morgan fingerprint density at radius 2 is 1.96 bits per heavy atom. The summed E-state index contributed by atoms with van der Waals surface area (Å²) in [6.07, 6.45) is 2.37. The highest BCUT2D eigenvalue weighted by molar-refractivity contribution is 7.78. The van der Waals surface area contributed by atoms with E-state index >= 15 is 0 Å². The van der Waals surface area contributed by atoms with Crippen molar-refractivity contribution in [1.82, 2.24) is 0 Å². The molecule has 23 heavy (non-hydrogen) atoms. The van der Waals surface area contributed by atoms with E-state index in [1.807, 2.05) is 0 Å². The highest BCUT2D eigenvalue weighted by atomic mass is 32.2. The van der Waals surface area contributed by atoms with Gasteiger partial charge in [0, 0.05) is 11.1 Å². The quantitative estimate of drug-likeness (QED) is 0.689. The SMILES string of the molecule is O=CC1C=C(c2ccc(CS(=O)O)cc2)Oc2ccc(F)cc21. The minimum absolute atomic E-state index is 0.0548. The summed E-state index contributed by atoms with van der Waals surface area (Å²) in [5.74, 6) is 0.00472. The second kappa shape index (κ2) is 6.44. The lowest BCUT2D eigenvalue weighted by molar-refractivity contribution is -0.108. The molecule has 0 aromatic heterocycles. The molecule has 0 radical (unpaired) electrons. The molecule has 1 aliphatic heterocycles. The minimum Gasteiger partial charge on any atom is -0.457 e. The van der Waals surface area contributed by atoms with Crippen molar-refractivity contribution < 1.29 is 22.7 Å². The van der Waals surface area contributed by atoms with Crippen LogP contribution in [0.25, 0.3) is 5.76 Å². The van der Waals surface area contributed by atoms with Crippen molar-refractivity contribution in [3.05, 3.63) is 71.0 Å². The van der Waals surface area contributed by atoms with Crippen LogP contribution < -0.4 is 4.74 Å². The van der Waals surface area contributed by atoms with Gasteiger partial charge < -0.3 is 14.1 Å². The van der Waals surface area contributed by atoms with Crippen LogP contribution in [0.15, 0.2) is 48.5 Å². The number of benzene rings is 2. The van der Waals surface area contributed by atoms with Crippen molar-refractivity contribution in [1.29, 1.82) is 0 Å². The zero-order chi connectivity index (χ0) is 16.4. The van der Waals surface area contributed by atoms with E-state index in [2.05, 4.69) is 0 Å². The van der Waals surface area contributed by atoms with E-state index in [1.165, 1.54) is 18.2 Å². The number of hydrogen-bond donors (Lipinski definition) is 1. The van der Waals surface area contributed by atoms with Crippen LogP contribution in [-0.4, -0.2) is 15.0 Å². The minimum atomic E-state index is -1.89. The van der Waals surface area contributed by atoms with E-state index in [4.69, 9.17) is 9.29 Å². The van der Waals surface area contributed by atoms with Crippen LogP contribution in [-0.2, 0) is 21.6 Å². The van der Waals surface area contributed by atoms with E-state index in [-0.39, 0.29) is 5.75 Å². The molecule has 0 amide bonds. The van der Waals surface area contributed by atoms with Gasteiger partial charge in [-0.15, -0.1) is 0 Å². The van der Waals surface area contributed by atoms with Crippen LogP contribution in [0.5, 0.6) is 5.75 Å². The first-order valence-corrected chi connectivity index (χ1v) is 8.15. The van der Waals surface area contributed by atoms with Gasteiger partial charge in [-0.25, -0.2) is 8.60 Å². The molecule has 0 saturated heterocycles. The average Bonchev–Trinajstić information content (AvgIpc) is 2.54. The summed E-state index contributed by atoms with van der Waals surface area (Å²) >= 11 is -1.89. The largest absolute Gasteiger partial charge is 0.457 e. The van der Waals surface area contributed by atoms with Crippen molar-refractivity contribution in [2.75, 3.05) is 0 Å². The molecule has 1 N–H and O–H groups in total. The first kappa shape index (κ1) is 15.6. The van der Waals surface area contributed by atoms with Crippen LogP contribution in [0.4, 0.5) is 4.39 Å².